The number of aryl methyl sites for hydroxylation is 1. The summed E-state index contributed by atoms with van der Waals surface area (Å²) in [7, 11) is -4.42. The average molecular weight is 470 g/mol. The molecule has 3 atom stereocenters. The molecule has 3 rings (SSSR count). The van der Waals surface area contributed by atoms with Gasteiger partial charge in [-0.25, -0.2) is 0 Å². The van der Waals surface area contributed by atoms with Gasteiger partial charge in [0.25, 0.3) is 27.5 Å². The van der Waals surface area contributed by atoms with Crippen molar-refractivity contribution in [3.63, 3.8) is 0 Å². The van der Waals surface area contributed by atoms with Crippen molar-refractivity contribution >= 4 is 21.5 Å². The second-order valence-corrected chi connectivity index (χ2v) is 10.1. The van der Waals surface area contributed by atoms with E-state index in [9.17, 15) is 18.5 Å². The lowest BCUT2D eigenvalue weighted by molar-refractivity contribution is -0.652. The number of nitrogens with zero attached hydrogens (tertiary/aromatic N) is 4. The zero-order valence-corrected chi connectivity index (χ0v) is 19.9. The fourth-order valence-electron chi connectivity index (χ4n) is 4.25. The van der Waals surface area contributed by atoms with Crippen molar-refractivity contribution in [2.45, 2.75) is 64.8 Å². The van der Waals surface area contributed by atoms with E-state index in [2.05, 4.69) is 37.5 Å². The molecule has 2 aromatic rings. The van der Waals surface area contributed by atoms with Gasteiger partial charge >= 0.3 is 0 Å². The molecule has 1 aromatic heterocycles. The molecule has 0 spiro atoms. The second-order valence-electron chi connectivity index (χ2n) is 8.76. The SMILES string of the molecule is Cc1nn(C2CC(C)CCC2C(C)C)c(C)[n+]1N.Nc1cc([N+](=O)[O-])ccc1S(=O)(=O)O. The molecule has 1 fully saturated rings. The van der Waals surface area contributed by atoms with Crippen LogP contribution < -0.4 is 16.3 Å². The largest absolute Gasteiger partial charge is 0.397 e. The van der Waals surface area contributed by atoms with Crippen LogP contribution in [0.1, 0.15) is 57.7 Å². The Morgan fingerprint density at radius 2 is 1.94 bits per heavy atom. The highest BCUT2D eigenvalue weighted by molar-refractivity contribution is 7.86. The fourth-order valence-corrected chi connectivity index (χ4v) is 4.85. The van der Waals surface area contributed by atoms with Crippen molar-refractivity contribution in [2.24, 2.45) is 17.8 Å². The van der Waals surface area contributed by atoms with Crippen LogP contribution in [0, 0.1) is 41.7 Å². The third-order valence-corrected chi connectivity index (χ3v) is 6.99. The molecule has 1 saturated carbocycles. The van der Waals surface area contributed by atoms with Gasteiger partial charge in [0.15, 0.2) is 0 Å². The minimum Gasteiger partial charge on any atom is -0.397 e. The molecule has 12 heteroatoms. The van der Waals surface area contributed by atoms with E-state index in [0.717, 1.165) is 41.7 Å². The maximum atomic E-state index is 10.6. The van der Waals surface area contributed by atoms with E-state index in [-0.39, 0.29) is 11.4 Å². The molecule has 32 heavy (non-hydrogen) atoms. The maximum absolute atomic E-state index is 10.6. The molecular formula is C20H33N6O5S+. The summed E-state index contributed by atoms with van der Waals surface area (Å²) in [5.41, 5.74) is 4.50. The number of benzene rings is 1. The summed E-state index contributed by atoms with van der Waals surface area (Å²) < 4.78 is 33.8. The quantitative estimate of drug-likeness (QED) is 0.153. The highest BCUT2D eigenvalue weighted by atomic mass is 32.2. The van der Waals surface area contributed by atoms with Crippen LogP contribution in [0.2, 0.25) is 0 Å². The van der Waals surface area contributed by atoms with E-state index < -0.39 is 19.9 Å². The van der Waals surface area contributed by atoms with Crippen molar-refractivity contribution in [1.29, 1.82) is 0 Å². The molecule has 0 saturated heterocycles. The molecular weight excluding hydrogens is 436 g/mol. The van der Waals surface area contributed by atoms with Gasteiger partial charge in [0, 0.05) is 31.1 Å². The summed E-state index contributed by atoms with van der Waals surface area (Å²) in [5, 5.41) is 14.9. The number of hydrogen-bond acceptors (Lipinski definition) is 7. The summed E-state index contributed by atoms with van der Waals surface area (Å²) in [6.07, 6.45) is 3.89. The van der Waals surface area contributed by atoms with Crippen molar-refractivity contribution < 1.29 is 22.6 Å². The lowest BCUT2D eigenvalue weighted by atomic mass is 9.74. The predicted molar refractivity (Wildman–Crippen MR) is 120 cm³/mol. The van der Waals surface area contributed by atoms with Crippen LogP contribution in [0.3, 0.4) is 0 Å². The van der Waals surface area contributed by atoms with Gasteiger partial charge in [-0.05, 0) is 36.7 Å². The smallest absolute Gasteiger partial charge is 0.296 e. The van der Waals surface area contributed by atoms with Gasteiger partial charge in [0.05, 0.1) is 10.6 Å². The zero-order chi connectivity index (χ0) is 24.4. The highest BCUT2D eigenvalue weighted by Crippen LogP contribution is 2.40. The number of nitrogens with two attached hydrogens (primary N) is 2. The summed E-state index contributed by atoms with van der Waals surface area (Å²) in [4.78, 5) is 9.00. The van der Waals surface area contributed by atoms with Gasteiger partial charge in [-0.15, -0.1) is 9.36 Å². The number of nitrogen functional groups attached to an aromatic ring is 2. The third kappa shape index (κ3) is 5.74. The zero-order valence-electron chi connectivity index (χ0n) is 19.1. The fraction of sp³-hybridized carbons (Fsp3) is 0.600. The molecule has 0 bridgehead atoms. The van der Waals surface area contributed by atoms with Crippen LogP contribution in [0.4, 0.5) is 11.4 Å². The monoisotopic (exact) mass is 469 g/mol. The number of aromatic nitrogens is 3. The van der Waals surface area contributed by atoms with Crippen LogP contribution in [0.25, 0.3) is 0 Å². The van der Waals surface area contributed by atoms with E-state index in [1.54, 1.807) is 4.68 Å². The Hall–Kier alpha value is -2.73. The number of hydrogen-bond donors (Lipinski definition) is 3. The van der Waals surface area contributed by atoms with E-state index >= 15 is 0 Å². The van der Waals surface area contributed by atoms with Crippen molar-refractivity contribution in [2.75, 3.05) is 11.6 Å². The minimum absolute atomic E-state index is 0.338. The molecule has 1 aliphatic carbocycles. The average Bonchev–Trinajstić information content (AvgIpc) is 2.94. The minimum atomic E-state index is -4.42. The third-order valence-electron chi connectivity index (χ3n) is 6.06. The van der Waals surface area contributed by atoms with Gasteiger partial charge < -0.3 is 5.73 Å². The standard InChI is InChI=1S/C14H27N4.C6H6N2O5S/c1-9(2)13-7-6-10(3)8-14(13)18-12(5)17(15)11(4)16-18;7-5-3-4(8(9)10)1-2-6(5)14(11,12)13/h9-10,13-14H,6-8,15H2,1-5H3;1-3H,7H2,(H,11,12,13)/q+1;. The van der Waals surface area contributed by atoms with Crippen LogP contribution in [-0.4, -0.2) is 27.7 Å². The summed E-state index contributed by atoms with van der Waals surface area (Å²) in [5.74, 6) is 10.2. The van der Waals surface area contributed by atoms with Crippen LogP contribution in [0.15, 0.2) is 23.1 Å². The van der Waals surface area contributed by atoms with Gasteiger partial charge in [-0.2, -0.15) is 8.42 Å². The van der Waals surface area contributed by atoms with Crippen molar-refractivity contribution in [3.05, 3.63) is 40.0 Å². The number of rotatable bonds is 4. The highest BCUT2D eigenvalue weighted by Gasteiger charge is 2.38. The van der Waals surface area contributed by atoms with Crippen LogP contribution >= 0.6 is 0 Å². The van der Waals surface area contributed by atoms with E-state index in [0.29, 0.717) is 12.0 Å². The first-order chi connectivity index (χ1) is 14.7. The summed E-state index contributed by atoms with van der Waals surface area (Å²) >= 11 is 0. The Kier molecular flexibility index (Phi) is 7.83. The first-order valence-electron chi connectivity index (χ1n) is 10.5. The Morgan fingerprint density at radius 3 is 2.38 bits per heavy atom. The van der Waals surface area contributed by atoms with E-state index in [1.165, 1.54) is 19.3 Å². The number of nitro groups is 1. The predicted octanol–water partition coefficient (Wildman–Crippen LogP) is 2.56. The molecule has 178 valence electrons. The second kappa shape index (κ2) is 9.82. The molecule has 1 heterocycles. The van der Waals surface area contributed by atoms with Gasteiger partial charge in [0.1, 0.15) is 10.9 Å². The summed E-state index contributed by atoms with van der Waals surface area (Å²) in [6, 6.07) is 3.20. The molecule has 0 amide bonds. The lowest BCUT2D eigenvalue weighted by Crippen LogP contribution is -2.49. The van der Waals surface area contributed by atoms with E-state index in [1.807, 2.05) is 6.92 Å². The normalized spacial score (nSPS) is 21.2. The number of non-ortho nitro benzene ring substituents is 1. The topological polar surface area (TPSA) is 171 Å². The van der Waals surface area contributed by atoms with Gasteiger partial charge in [-0.3, -0.25) is 20.5 Å². The number of anilines is 1. The van der Waals surface area contributed by atoms with Gasteiger partial charge in [-0.1, -0.05) is 27.2 Å². The van der Waals surface area contributed by atoms with Crippen LogP contribution in [0.5, 0.6) is 0 Å². The molecule has 5 N–H and O–H groups in total. The molecule has 0 aliphatic heterocycles. The molecule has 1 aromatic carbocycles. The molecule has 1 aliphatic rings. The van der Waals surface area contributed by atoms with Gasteiger partial charge in [0.2, 0.25) is 0 Å². The first-order valence-corrected chi connectivity index (χ1v) is 11.9. The van der Waals surface area contributed by atoms with Crippen molar-refractivity contribution in [1.82, 2.24) is 9.78 Å². The van der Waals surface area contributed by atoms with E-state index in [4.69, 9.17) is 16.1 Å². The molecule has 3 unspecified atom stereocenters. The molecule has 0 radical (unpaired) electrons. The van der Waals surface area contributed by atoms with Crippen LogP contribution in [-0.2, 0) is 10.1 Å². The Bertz CT molecular complexity index is 1080. The lowest BCUT2D eigenvalue weighted by Gasteiger charge is -2.34. The first kappa shape index (κ1) is 25.5. The van der Waals surface area contributed by atoms with Crippen molar-refractivity contribution in [3.8, 4) is 0 Å². The Balaban J connectivity index is 0.000000235. The Labute approximate surface area is 188 Å². The molecule has 11 nitrogen and oxygen atoms in total. The Morgan fingerprint density at radius 1 is 1.31 bits per heavy atom. The summed E-state index contributed by atoms with van der Waals surface area (Å²) in [6.45, 7) is 11.0. The maximum Gasteiger partial charge on any atom is 0.296 e. The number of nitro benzene ring substituents is 1.